The number of pyridine rings is 1. The molecule has 1 aromatic carbocycles. The summed E-state index contributed by atoms with van der Waals surface area (Å²) >= 11 is 0. The Labute approximate surface area is 162 Å². The highest BCUT2D eigenvalue weighted by molar-refractivity contribution is 5.99. The van der Waals surface area contributed by atoms with Gasteiger partial charge < -0.3 is 14.8 Å². The van der Waals surface area contributed by atoms with Gasteiger partial charge in [0.1, 0.15) is 5.75 Å². The second-order valence-electron chi connectivity index (χ2n) is 6.56. The number of fused-ring (bicyclic) bond motifs is 1. The van der Waals surface area contributed by atoms with Crippen LogP contribution >= 0.6 is 0 Å². The molecule has 0 saturated heterocycles. The molecular formula is C20H22N4O4. The van der Waals surface area contributed by atoms with Gasteiger partial charge in [0.05, 0.1) is 24.6 Å². The highest BCUT2D eigenvalue weighted by atomic mass is 16.5. The SMILES string of the molecule is COc1ccccc1NC(=O)C(C)OC(=O)c1cnc2c(cnn2C(C)C)c1. The van der Waals surface area contributed by atoms with Crippen LogP contribution in [-0.4, -0.2) is 39.9 Å². The predicted molar refractivity (Wildman–Crippen MR) is 104 cm³/mol. The summed E-state index contributed by atoms with van der Waals surface area (Å²) in [4.78, 5) is 29.1. The molecule has 1 amide bonds. The zero-order chi connectivity index (χ0) is 20.3. The second-order valence-corrected chi connectivity index (χ2v) is 6.56. The van der Waals surface area contributed by atoms with Crippen LogP contribution in [0.5, 0.6) is 5.75 Å². The maximum Gasteiger partial charge on any atom is 0.340 e. The molecule has 3 aromatic rings. The average Bonchev–Trinajstić information content (AvgIpc) is 3.11. The molecule has 1 N–H and O–H groups in total. The Kier molecular flexibility index (Phi) is 5.58. The number of nitrogens with zero attached hydrogens (tertiary/aromatic N) is 3. The fourth-order valence-corrected chi connectivity index (χ4v) is 2.69. The van der Waals surface area contributed by atoms with Gasteiger partial charge in [-0.15, -0.1) is 0 Å². The molecule has 0 radical (unpaired) electrons. The number of para-hydroxylation sites is 2. The van der Waals surface area contributed by atoms with E-state index in [4.69, 9.17) is 9.47 Å². The van der Waals surface area contributed by atoms with Crippen molar-refractivity contribution in [2.24, 2.45) is 0 Å². The van der Waals surface area contributed by atoms with Crippen molar-refractivity contribution in [3.8, 4) is 5.75 Å². The molecular weight excluding hydrogens is 360 g/mol. The molecule has 1 atom stereocenters. The number of rotatable bonds is 6. The Morgan fingerprint density at radius 1 is 1.14 bits per heavy atom. The molecule has 1 unspecified atom stereocenters. The monoisotopic (exact) mass is 382 g/mol. The zero-order valence-electron chi connectivity index (χ0n) is 16.2. The number of anilines is 1. The first-order chi connectivity index (χ1) is 13.4. The second kappa shape index (κ2) is 8.08. The molecule has 0 saturated carbocycles. The molecule has 8 nitrogen and oxygen atoms in total. The minimum absolute atomic E-state index is 0.154. The number of aromatic nitrogens is 3. The molecule has 0 bridgehead atoms. The molecule has 0 spiro atoms. The van der Waals surface area contributed by atoms with Crippen molar-refractivity contribution >= 4 is 28.6 Å². The van der Waals surface area contributed by atoms with E-state index in [1.165, 1.54) is 20.2 Å². The summed E-state index contributed by atoms with van der Waals surface area (Å²) in [7, 11) is 1.51. The highest BCUT2D eigenvalue weighted by Gasteiger charge is 2.21. The topological polar surface area (TPSA) is 95.3 Å². The van der Waals surface area contributed by atoms with Crippen LogP contribution in [0.1, 0.15) is 37.2 Å². The predicted octanol–water partition coefficient (Wildman–Crippen LogP) is 3.20. The van der Waals surface area contributed by atoms with E-state index >= 15 is 0 Å². The average molecular weight is 382 g/mol. The maximum atomic E-state index is 12.4. The van der Waals surface area contributed by atoms with Gasteiger partial charge in [-0.25, -0.2) is 14.5 Å². The van der Waals surface area contributed by atoms with E-state index in [1.54, 1.807) is 41.2 Å². The van der Waals surface area contributed by atoms with E-state index in [2.05, 4.69) is 15.4 Å². The van der Waals surface area contributed by atoms with E-state index in [1.807, 2.05) is 13.8 Å². The van der Waals surface area contributed by atoms with E-state index in [9.17, 15) is 9.59 Å². The van der Waals surface area contributed by atoms with Crippen molar-refractivity contribution in [3.05, 3.63) is 48.3 Å². The van der Waals surface area contributed by atoms with Gasteiger partial charge in [-0.3, -0.25) is 4.79 Å². The van der Waals surface area contributed by atoms with Crippen LogP contribution in [0, 0.1) is 0 Å². The third kappa shape index (κ3) is 3.95. The Morgan fingerprint density at radius 2 is 1.89 bits per heavy atom. The zero-order valence-corrected chi connectivity index (χ0v) is 16.2. The minimum Gasteiger partial charge on any atom is -0.495 e. The largest absolute Gasteiger partial charge is 0.495 e. The molecule has 0 aliphatic heterocycles. The third-order valence-electron chi connectivity index (χ3n) is 4.18. The normalized spacial score (nSPS) is 12.0. The first kappa shape index (κ1) is 19.3. The van der Waals surface area contributed by atoms with Gasteiger partial charge in [-0.1, -0.05) is 12.1 Å². The van der Waals surface area contributed by atoms with Gasteiger partial charge >= 0.3 is 5.97 Å². The van der Waals surface area contributed by atoms with E-state index in [0.29, 0.717) is 17.1 Å². The van der Waals surface area contributed by atoms with Gasteiger partial charge in [0.2, 0.25) is 0 Å². The molecule has 0 aliphatic carbocycles. The number of hydrogen-bond acceptors (Lipinski definition) is 6. The molecule has 0 fully saturated rings. The summed E-state index contributed by atoms with van der Waals surface area (Å²) in [6.07, 6.45) is 2.08. The van der Waals surface area contributed by atoms with Gasteiger partial charge in [0.15, 0.2) is 11.8 Å². The Morgan fingerprint density at radius 3 is 2.61 bits per heavy atom. The summed E-state index contributed by atoms with van der Waals surface area (Å²) in [5.74, 6) is -0.569. The number of hydrogen-bond donors (Lipinski definition) is 1. The number of methoxy groups -OCH3 is 1. The smallest absolute Gasteiger partial charge is 0.340 e. The van der Waals surface area contributed by atoms with Crippen molar-refractivity contribution in [1.29, 1.82) is 0 Å². The minimum atomic E-state index is -0.994. The van der Waals surface area contributed by atoms with Crippen LogP contribution in [-0.2, 0) is 9.53 Å². The van der Waals surface area contributed by atoms with Gasteiger partial charge in [-0.2, -0.15) is 5.10 Å². The fourth-order valence-electron chi connectivity index (χ4n) is 2.69. The first-order valence-electron chi connectivity index (χ1n) is 8.89. The van der Waals surface area contributed by atoms with Crippen LogP contribution < -0.4 is 10.1 Å². The van der Waals surface area contributed by atoms with Crippen molar-refractivity contribution < 1.29 is 19.1 Å². The summed E-state index contributed by atoms with van der Waals surface area (Å²) < 4.78 is 12.3. The number of carbonyl (C=O) groups excluding carboxylic acids is 2. The Bertz CT molecular complexity index is 1010. The lowest BCUT2D eigenvalue weighted by molar-refractivity contribution is -0.123. The maximum absolute atomic E-state index is 12.4. The molecule has 28 heavy (non-hydrogen) atoms. The lowest BCUT2D eigenvalue weighted by Gasteiger charge is -2.15. The van der Waals surface area contributed by atoms with Crippen LogP contribution in [0.2, 0.25) is 0 Å². The van der Waals surface area contributed by atoms with Crippen molar-refractivity contribution in [2.45, 2.75) is 32.9 Å². The molecule has 8 heteroatoms. The number of carbonyl (C=O) groups is 2. The van der Waals surface area contributed by atoms with Crippen molar-refractivity contribution in [1.82, 2.24) is 14.8 Å². The summed E-state index contributed by atoms with van der Waals surface area (Å²) in [5, 5.41) is 7.70. The number of amides is 1. The van der Waals surface area contributed by atoms with E-state index in [0.717, 1.165) is 5.39 Å². The van der Waals surface area contributed by atoms with Crippen LogP contribution in [0.15, 0.2) is 42.7 Å². The van der Waals surface area contributed by atoms with Gasteiger partial charge in [0, 0.05) is 17.6 Å². The molecule has 2 aromatic heterocycles. The fraction of sp³-hybridized carbons (Fsp3) is 0.300. The number of esters is 1. The Hall–Kier alpha value is -3.42. The van der Waals surface area contributed by atoms with Gasteiger partial charge in [0.25, 0.3) is 5.91 Å². The Balaban J connectivity index is 1.69. The summed E-state index contributed by atoms with van der Waals surface area (Å²) in [5.41, 5.74) is 1.45. The van der Waals surface area contributed by atoms with Crippen molar-refractivity contribution in [2.75, 3.05) is 12.4 Å². The van der Waals surface area contributed by atoms with Crippen LogP contribution in [0.4, 0.5) is 5.69 Å². The number of ether oxygens (including phenoxy) is 2. The standard InChI is InChI=1S/C20H22N4O4/c1-12(2)24-18-14(11-22-24)9-15(10-21-18)20(26)28-13(3)19(25)23-16-7-5-6-8-17(16)27-4/h5-13H,1-4H3,(H,23,25). The lowest BCUT2D eigenvalue weighted by atomic mass is 10.2. The summed E-state index contributed by atoms with van der Waals surface area (Å²) in [6, 6.07) is 8.80. The third-order valence-corrected chi connectivity index (χ3v) is 4.18. The molecule has 3 rings (SSSR count). The van der Waals surface area contributed by atoms with Crippen LogP contribution in [0.3, 0.4) is 0 Å². The van der Waals surface area contributed by atoms with E-state index in [-0.39, 0.29) is 11.6 Å². The van der Waals surface area contributed by atoms with Gasteiger partial charge in [-0.05, 0) is 39.0 Å². The molecule has 2 heterocycles. The van der Waals surface area contributed by atoms with Crippen LogP contribution in [0.25, 0.3) is 11.0 Å². The van der Waals surface area contributed by atoms with E-state index < -0.39 is 18.0 Å². The highest BCUT2D eigenvalue weighted by Crippen LogP contribution is 2.23. The summed E-state index contributed by atoms with van der Waals surface area (Å²) in [6.45, 7) is 5.50. The molecule has 146 valence electrons. The quantitative estimate of drug-likeness (QED) is 0.658. The molecule has 0 aliphatic rings. The lowest BCUT2D eigenvalue weighted by Crippen LogP contribution is -2.30. The van der Waals surface area contributed by atoms with Crippen molar-refractivity contribution in [3.63, 3.8) is 0 Å². The first-order valence-corrected chi connectivity index (χ1v) is 8.89. The number of benzene rings is 1. The number of nitrogens with one attached hydrogen (secondary N) is 1.